The Hall–Kier alpha value is -0.930. The van der Waals surface area contributed by atoms with Crippen LogP contribution in [0.25, 0.3) is 0 Å². The molecule has 0 radical (unpaired) electrons. The molecule has 2 saturated heterocycles. The van der Waals surface area contributed by atoms with Gasteiger partial charge in [0, 0.05) is 33.3 Å². The molecule has 1 aromatic carbocycles. The van der Waals surface area contributed by atoms with Gasteiger partial charge in [0.05, 0.1) is 6.54 Å². The molecule has 1 aromatic rings. The van der Waals surface area contributed by atoms with Crippen LogP contribution in [0.2, 0.25) is 0 Å². The van der Waals surface area contributed by atoms with Gasteiger partial charge in [-0.05, 0) is 62.9 Å². The van der Waals surface area contributed by atoms with Gasteiger partial charge in [-0.15, -0.1) is 24.0 Å². The maximum absolute atomic E-state index is 13.2. The summed E-state index contributed by atoms with van der Waals surface area (Å²) in [6, 6.07) is 6.49. The number of aliphatic imine (C=N–C) groups is 1. The minimum atomic E-state index is -0.230. The fraction of sp³-hybridized carbons (Fsp3) is 0.667. The summed E-state index contributed by atoms with van der Waals surface area (Å²) in [6.45, 7) is 9.33. The molecule has 5 nitrogen and oxygen atoms in total. The Kier molecular flexibility index (Phi) is 9.94. The van der Waals surface area contributed by atoms with Gasteiger partial charge in [0.1, 0.15) is 11.9 Å². The van der Waals surface area contributed by atoms with Crippen LogP contribution in [-0.4, -0.2) is 68.7 Å². The number of nitrogens with zero attached hydrogens (tertiary/aromatic N) is 3. The van der Waals surface area contributed by atoms with E-state index in [1.807, 2.05) is 0 Å². The zero-order chi connectivity index (χ0) is 19.1. The van der Waals surface area contributed by atoms with Gasteiger partial charge in [-0.25, -0.2) is 4.39 Å². The first-order valence-corrected chi connectivity index (χ1v) is 10.2. The molecule has 7 heteroatoms. The zero-order valence-corrected chi connectivity index (χ0v) is 19.4. The molecule has 2 unspecified atom stereocenters. The first-order valence-electron chi connectivity index (χ1n) is 10.2. The number of hydrogen-bond donors (Lipinski definition) is 1. The molecule has 1 N–H and O–H groups in total. The van der Waals surface area contributed by atoms with Gasteiger partial charge in [-0.2, -0.15) is 0 Å². The largest absolute Gasteiger partial charge is 0.375 e. The number of benzene rings is 1. The first-order chi connectivity index (χ1) is 13.2. The first kappa shape index (κ1) is 23.3. The third kappa shape index (κ3) is 6.56. The molecular weight excluding hydrogens is 470 g/mol. The number of halogens is 2. The average molecular weight is 504 g/mol. The molecule has 0 aromatic heterocycles. The van der Waals surface area contributed by atoms with Gasteiger partial charge < -0.3 is 19.9 Å². The molecule has 3 rings (SSSR count). The van der Waals surface area contributed by atoms with Crippen LogP contribution in [0.1, 0.15) is 37.9 Å². The molecule has 2 fully saturated rings. The van der Waals surface area contributed by atoms with Crippen LogP contribution in [0.15, 0.2) is 29.3 Å². The van der Waals surface area contributed by atoms with Crippen LogP contribution < -0.4 is 5.32 Å². The van der Waals surface area contributed by atoms with Crippen molar-refractivity contribution < 1.29 is 9.13 Å². The van der Waals surface area contributed by atoms with Crippen LogP contribution in [0.3, 0.4) is 0 Å². The lowest BCUT2D eigenvalue weighted by Crippen LogP contribution is -2.41. The second kappa shape index (κ2) is 11.9. The molecular formula is C21H34FIN4O. The summed E-state index contributed by atoms with van der Waals surface area (Å²) in [5.74, 6) is 1.46. The Bertz CT molecular complexity index is 607. The van der Waals surface area contributed by atoms with Gasteiger partial charge in [-0.1, -0.05) is 12.1 Å². The van der Waals surface area contributed by atoms with E-state index >= 15 is 0 Å². The Morgan fingerprint density at radius 2 is 1.96 bits per heavy atom. The standard InChI is InChI=1S/C21H33FN4O.HI/c1-3-23-21(24-14-20(27-2)18-6-8-19(22)9-7-18)26-13-10-17(16-26)15-25-11-4-5-12-25;/h6-9,17,20H,3-5,10-16H2,1-2H3,(H,23,24);1H. The quantitative estimate of drug-likeness (QED) is 0.351. The Morgan fingerprint density at radius 1 is 1.25 bits per heavy atom. The molecule has 0 amide bonds. The van der Waals surface area contributed by atoms with Crippen LogP contribution in [0.4, 0.5) is 4.39 Å². The van der Waals surface area contributed by atoms with Crippen molar-refractivity contribution in [3.63, 3.8) is 0 Å². The van der Waals surface area contributed by atoms with Gasteiger partial charge in [0.15, 0.2) is 5.96 Å². The predicted octanol–water partition coefficient (Wildman–Crippen LogP) is 3.51. The summed E-state index contributed by atoms with van der Waals surface area (Å²) in [5, 5.41) is 3.43. The highest BCUT2D eigenvalue weighted by Gasteiger charge is 2.27. The predicted molar refractivity (Wildman–Crippen MR) is 123 cm³/mol. The molecule has 2 heterocycles. The van der Waals surface area contributed by atoms with E-state index in [1.54, 1.807) is 19.2 Å². The number of likely N-dealkylation sites (tertiary alicyclic amines) is 2. The van der Waals surface area contributed by atoms with Crippen LogP contribution >= 0.6 is 24.0 Å². The summed E-state index contributed by atoms with van der Waals surface area (Å²) < 4.78 is 18.8. The lowest BCUT2D eigenvalue weighted by Gasteiger charge is -2.24. The lowest BCUT2D eigenvalue weighted by molar-refractivity contribution is 0.110. The molecule has 2 aliphatic rings. The van der Waals surface area contributed by atoms with E-state index in [2.05, 4.69) is 22.0 Å². The average Bonchev–Trinajstić information content (AvgIpc) is 3.35. The van der Waals surface area contributed by atoms with Gasteiger partial charge in [0.25, 0.3) is 0 Å². The van der Waals surface area contributed by atoms with E-state index in [0.29, 0.717) is 6.54 Å². The molecule has 0 spiro atoms. The fourth-order valence-corrected chi connectivity index (χ4v) is 4.09. The topological polar surface area (TPSA) is 40.1 Å². The van der Waals surface area contributed by atoms with Gasteiger partial charge in [0.2, 0.25) is 0 Å². The van der Waals surface area contributed by atoms with Crippen molar-refractivity contribution >= 4 is 29.9 Å². The number of guanidine groups is 1. The Labute approximate surface area is 185 Å². The van der Waals surface area contributed by atoms with E-state index in [0.717, 1.165) is 37.1 Å². The van der Waals surface area contributed by atoms with Crippen LogP contribution in [0.5, 0.6) is 0 Å². The monoisotopic (exact) mass is 504 g/mol. The summed E-state index contributed by atoms with van der Waals surface area (Å²) in [6.07, 6.45) is 3.76. The highest BCUT2D eigenvalue weighted by atomic mass is 127. The molecule has 0 bridgehead atoms. The third-order valence-electron chi connectivity index (χ3n) is 5.57. The van der Waals surface area contributed by atoms with Crippen molar-refractivity contribution in [2.24, 2.45) is 10.9 Å². The van der Waals surface area contributed by atoms with Crippen molar-refractivity contribution in [3.05, 3.63) is 35.6 Å². The summed E-state index contributed by atoms with van der Waals surface area (Å²) in [7, 11) is 1.68. The highest BCUT2D eigenvalue weighted by molar-refractivity contribution is 14.0. The minimum absolute atomic E-state index is 0. The third-order valence-corrected chi connectivity index (χ3v) is 5.57. The Morgan fingerprint density at radius 3 is 2.61 bits per heavy atom. The summed E-state index contributed by atoms with van der Waals surface area (Å²) >= 11 is 0. The zero-order valence-electron chi connectivity index (χ0n) is 17.1. The van der Waals surface area contributed by atoms with Gasteiger partial charge in [-0.3, -0.25) is 4.99 Å². The molecule has 0 aliphatic carbocycles. The number of nitrogens with one attached hydrogen (secondary N) is 1. The molecule has 2 atom stereocenters. The van der Waals surface area contributed by atoms with Crippen molar-refractivity contribution in [1.82, 2.24) is 15.1 Å². The fourth-order valence-electron chi connectivity index (χ4n) is 4.09. The number of methoxy groups -OCH3 is 1. The normalized spacial score (nSPS) is 21.6. The van der Waals surface area contributed by atoms with Crippen molar-refractivity contribution in [1.29, 1.82) is 0 Å². The molecule has 158 valence electrons. The minimum Gasteiger partial charge on any atom is -0.375 e. The summed E-state index contributed by atoms with van der Waals surface area (Å²) in [4.78, 5) is 9.81. The number of ether oxygens (including phenoxy) is 1. The number of rotatable bonds is 7. The summed E-state index contributed by atoms with van der Waals surface area (Å²) in [5.41, 5.74) is 0.951. The molecule has 28 heavy (non-hydrogen) atoms. The lowest BCUT2D eigenvalue weighted by atomic mass is 10.1. The molecule has 0 saturated carbocycles. The Balaban J connectivity index is 0.00000280. The van der Waals surface area contributed by atoms with Crippen LogP contribution in [-0.2, 0) is 4.74 Å². The van der Waals surface area contributed by atoms with E-state index in [-0.39, 0.29) is 35.9 Å². The van der Waals surface area contributed by atoms with Crippen molar-refractivity contribution in [2.45, 2.75) is 32.3 Å². The second-order valence-electron chi connectivity index (χ2n) is 7.58. The van der Waals surface area contributed by atoms with Crippen molar-refractivity contribution in [3.8, 4) is 0 Å². The second-order valence-corrected chi connectivity index (χ2v) is 7.58. The maximum atomic E-state index is 13.2. The highest BCUT2D eigenvalue weighted by Crippen LogP contribution is 2.21. The molecule has 2 aliphatic heterocycles. The SMILES string of the molecule is CCNC(=NCC(OC)c1ccc(F)cc1)N1CCC(CN2CCCC2)C1.I. The van der Waals surface area contributed by atoms with E-state index in [4.69, 9.17) is 9.73 Å². The van der Waals surface area contributed by atoms with E-state index < -0.39 is 0 Å². The number of hydrogen-bond acceptors (Lipinski definition) is 3. The van der Waals surface area contributed by atoms with Crippen LogP contribution in [0, 0.1) is 11.7 Å². The maximum Gasteiger partial charge on any atom is 0.194 e. The van der Waals surface area contributed by atoms with E-state index in [1.165, 1.54) is 51.0 Å². The van der Waals surface area contributed by atoms with Crippen molar-refractivity contribution in [2.75, 3.05) is 52.9 Å². The van der Waals surface area contributed by atoms with E-state index in [9.17, 15) is 4.39 Å². The smallest absolute Gasteiger partial charge is 0.194 e. The van der Waals surface area contributed by atoms with Gasteiger partial charge >= 0.3 is 0 Å².